The van der Waals surface area contributed by atoms with E-state index in [-0.39, 0.29) is 0 Å². The number of hydrogen-bond acceptors (Lipinski definition) is 4. The second kappa shape index (κ2) is 8.06. The van der Waals surface area contributed by atoms with Crippen LogP contribution in [0.3, 0.4) is 0 Å². The van der Waals surface area contributed by atoms with Crippen molar-refractivity contribution >= 4 is 0 Å². The molecule has 0 amide bonds. The van der Waals surface area contributed by atoms with Gasteiger partial charge in [-0.3, -0.25) is 14.7 Å². The lowest BCUT2D eigenvalue weighted by atomic mass is 9.96. The molecular weight excluding hydrogens is 320 g/mol. The van der Waals surface area contributed by atoms with Gasteiger partial charge in [-0.05, 0) is 73.3 Å². The molecule has 3 saturated heterocycles. The Bertz CT molecular complexity index is 434. The lowest BCUT2D eigenvalue weighted by molar-refractivity contribution is 0.0293. The van der Waals surface area contributed by atoms with Crippen molar-refractivity contribution in [3.8, 4) is 0 Å². The third-order valence-corrected chi connectivity index (χ3v) is 7.09. The molecule has 3 heterocycles. The number of piperazine rings is 1. The Labute approximate surface area is 162 Å². The predicted molar refractivity (Wildman–Crippen MR) is 112 cm³/mol. The van der Waals surface area contributed by atoms with Gasteiger partial charge in [0.15, 0.2) is 0 Å². The molecule has 152 valence electrons. The van der Waals surface area contributed by atoms with Crippen LogP contribution < -0.4 is 0 Å². The van der Waals surface area contributed by atoms with E-state index in [0.29, 0.717) is 11.1 Å². The summed E-state index contributed by atoms with van der Waals surface area (Å²) in [6, 6.07) is 0.832. The largest absolute Gasteiger partial charge is 0.300 e. The fourth-order valence-electron chi connectivity index (χ4n) is 5.17. The van der Waals surface area contributed by atoms with Gasteiger partial charge in [0.25, 0.3) is 0 Å². The van der Waals surface area contributed by atoms with Crippen LogP contribution in [0.1, 0.15) is 60.8 Å². The lowest BCUT2D eigenvalue weighted by Crippen LogP contribution is -2.55. The van der Waals surface area contributed by atoms with E-state index in [2.05, 4.69) is 61.1 Å². The molecule has 1 atom stereocenters. The molecule has 26 heavy (non-hydrogen) atoms. The molecule has 0 saturated carbocycles. The van der Waals surface area contributed by atoms with Crippen LogP contribution in [0.25, 0.3) is 0 Å². The molecule has 1 unspecified atom stereocenters. The zero-order valence-electron chi connectivity index (χ0n) is 18.4. The van der Waals surface area contributed by atoms with Crippen LogP contribution in [-0.2, 0) is 0 Å². The monoisotopic (exact) mass is 364 g/mol. The molecule has 0 spiro atoms. The number of rotatable bonds is 3. The highest BCUT2D eigenvalue weighted by molar-refractivity contribution is 4.89. The van der Waals surface area contributed by atoms with Crippen molar-refractivity contribution in [3.63, 3.8) is 0 Å². The fraction of sp³-hybridized carbons (Fsp3) is 1.00. The molecule has 0 aromatic heterocycles. The summed E-state index contributed by atoms with van der Waals surface area (Å²) in [5.41, 5.74) is 0.682. The van der Waals surface area contributed by atoms with Crippen molar-refractivity contribution in [1.29, 1.82) is 0 Å². The molecule has 0 aromatic rings. The second-order valence-corrected chi connectivity index (χ2v) is 11.0. The van der Waals surface area contributed by atoms with E-state index in [1.807, 2.05) is 0 Å². The lowest BCUT2D eigenvalue weighted by Gasteiger charge is -2.46. The van der Waals surface area contributed by atoms with Crippen molar-refractivity contribution in [3.05, 3.63) is 0 Å². The van der Waals surface area contributed by atoms with Crippen molar-refractivity contribution in [2.45, 2.75) is 77.9 Å². The van der Waals surface area contributed by atoms with Crippen LogP contribution in [0.15, 0.2) is 0 Å². The van der Waals surface area contributed by atoms with Gasteiger partial charge in [-0.25, -0.2) is 0 Å². The molecule has 4 heteroatoms. The van der Waals surface area contributed by atoms with Crippen LogP contribution >= 0.6 is 0 Å². The Kier molecular flexibility index (Phi) is 6.38. The summed E-state index contributed by atoms with van der Waals surface area (Å²) >= 11 is 0. The number of nitrogens with zero attached hydrogens (tertiary/aromatic N) is 4. The van der Waals surface area contributed by atoms with Gasteiger partial charge in [0.05, 0.1) is 0 Å². The van der Waals surface area contributed by atoms with E-state index in [1.165, 1.54) is 78.2 Å². The van der Waals surface area contributed by atoms with Crippen LogP contribution in [0.4, 0.5) is 0 Å². The van der Waals surface area contributed by atoms with E-state index < -0.39 is 0 Å². The molecule has 3 rings (SSSR count). The van der Waals surface area contributed by atoms with E-state index in [9.17, 15) is 0 Å². The van der Waals surface area contributed by atoms with E-state index in [4.69, 9.17) is 0 Å². The first-order valence-electron chi connectivity index (χ1n) is 11.1. The number of likely N-dealkylation sites (tertiary alicyclic amines) is 2. The van der Waals surface area contributed by atoms with Crippen LogP contribution in [0.2, 0.25) is 0 Å². The number of hydrogen-bond donors (Lipinski definition) is 0. The highest BCUT2D eigenvalue weighted by atomic mass is 15.3. The molecule has 3 fully saturated rings. The molecular formula is C22H44N4. The summed E-state index contributed by atoms with van der Waals surface area (Å²) in [5.74, 6) is 0.885. The highest BCUT2D eigenvalue weighted by Gasteiger charge is 2.33. The molecule has 3 aliphatic rings. The maximum atomic E-state index is 2.80. The zero-order valence-corrected chi connectivity index (χ0v) is 18.4. The Morgan fingerprint density at radius 1 is 0.654 bits per heavy atom. The standard InChI is InChI=1S/C22H44N4/c1-21(2,3)25-11-8-20(9-12-25)24-15-13-23(14-16-24)17-19-7-10-26(18-19)22(4,5)6/h19-20H,7-18H2,1-6H3. The van der Waals surface area contributed by atoms with E-state index in [1.54, 1.807) is 0 Å². The Morgan fingerprint density at radius 2 is 1.19 bits per heavy atom. The van der Waals surface area contributed by atoms with Gasteiger partial charge in [-0.1, -0.05) is 0 Å². The van der Waals surface area contributed by atoms with Gasteiger partial charge in [0, 0.05) is 69.5 Å². The zero-order chi connectivity index (χ0) is 18.9. The summed E-state index contributed by atoms with van der Waals surface area (Å²) in [5, 5.41) is 0. The van der Waals surface area contributed by atoms with E-state index in [0.717, 1.165) is 12.0 Å². The average Bonchev–Trinajstić information content (AvgIpc) is 3.04. The quantitative estimate of drug-likeness (QED) is 0.763. The number of piperidine rings is 1. The minimum atomic E-state index is 0.339. The molecule has 0 radical (unpaired) electrons. The predicted octanol–water partition coefficient (Wildman–Crippen LogP) is 2.99. The van der Waals surface area contributed by atoms with E-state index >= 15 is 0 Å². The third-order valence-electron chi connectivity index (χ3n) is 7.09. The maximum Gasteiger partial charge on any atom is 0.0125 e. The smallest absolute Gasteiger partial charge is 0.0125 e. The van der Waals surface area contributed by atoms with Crippen LogP contribution in [0.5, 0.6) is 0 Å². The summed E-state index contributed by atoms with van der Waals surface area (Å²) < 4.78 is 0. The summed E-state index contributed by atoms with van der Waals surface area (Å²) in [4.78, 5) is 10.9. The van der Waals surface area contributed by atoms with Gasteiger partial charge in [0.2, 0.25) is 0 Å². The van der Waals surface area contributed by atoms with Crippen molar-refractivity contribution in [2.75, 3.05) is 58.9 Å². The second-order valence-electron chi connectivity index (χ2n) is 11.0. The first-order valence-corrected chi connectivity index (χ1v) is 11.1. The van der Waals surface area contributed by atoms with Gasteiger partial charge in [0.1, 0.15) is 0 Å². The van der Waals surface area contributed by atoms with Gasteiger partial charge in [-0.2, -0.15) is 0 Å². The van der Waals surface area contributed by atoms with Crippen molar-refractivity contribution in [1.82, 2.24) is 19.6 Å². The minimum Gasteiger partial charge on any atom is -0.300 e. The normalized spacial score (nSPS) is 29.5. The Morgan fingerprint density at radius 3 is 1.69 bits per heavy atom. The summed E-state index contributed by atoms with van der Waals surface area (Å²) in [7, 11) is 0. The first kappa shape index (κ1) is 20.6. The highest BCUT2D eigenvalue weighted by Crippen LogP contribution is 2.26. The van der Waals surface area contributed by atoms with Crippen LogP contribution in [0, 0.1) is 5.92 Å². The first-order chi connectivity index (χ1) is 12.1. The Hall–Kier alpha value is -0.160. The molecule has 0 aliphatic carbocycles. The molecule has 0 aromatic carbocycles. The average molecular weight is 365 g/mol. The Balaban J connectivity index is 1.38. The third kappa shape index (κ3) is 5.21. The molecule has 3 aliphatic heterocycles. The molecule has 0 N–H and O–H groups in total. The summed E-state index contributed by atoms with van der Waals surface area (Å²) in [6.07, 6.45) is 4.11. The molecule has 4 nitrogen and oxygen atoms in total. The minimum absolute atomic E-state index is 0.339. The molecule has 0 bridgehead atoms. The van der Waals surface area contributed by atoms with Crippen molar-refractivity contribution < 1.29 is 0 Å². The van der Waals surface area contributed by atoms with Crippen molar-refractivity contribution in [2.24, 2.45) is 5.92 Å². The van der Waals surface area contributed by atoms with Gasteiger partial charge in [-0.15, -0.1) is 0 Å². The summed E-state index contributed by atoms with van der Waals surface area (Å²) in [6.45, 7) is 25.8. The van der Waals surface area contributed by atoms with Gasteiger partial charge >= 0.3 is 0 Å². The fourth-order valence-corrected chi connectivity index (χ4v) is 5.17. The maximum absolute atomic E-state index is 2.80. The van der Waals surface area contributed by atoms with Crippen LogP contribution in [-0.4, -0.2) is 95.6 Å². The SMILES string of the molecule is CC(C)(C)N1CCC(N2CCN(CC3CCN(C(C)(C)C)C3)CC2)CC1. The topological polar surface area (TPSA) is 13.0 Å². The van der Waals surface area contributed by atoms with Gasteiger partial charge < -0.3 is 4.90 Å².